The van der Waals surface area contributed by atoms with Crippen LogP contribution in [0.15, 0.2) is 48.5 Å². The molecular weight excluding hydrogens is 312 g/mol. The topological polar surface area (TPSA) is 27.7 Å². The van der Waals surface area contributed by atoms with Crippen molar-refractivity contribution < 1.29 is 14.2 Å². The van der Waals surface area contributed by atoms with E-state index in [1.807, 2.05) is 65.8 Å². The Bertz CT molecular complexity index is 518. The Morgan fingerprint density at radius 3 is 1.44 bits per heavy atom. The van der Waals surface area contributed by atoms with E-state index in [2.05, 4.69) is 24.3 Å². The molecule has 0 heterocycles. The minimum atomic E-state index is 0.300. The smallest absolute Gasteiger partial charge is 0.189 e. The van der Waals surface area contributed by atoms with Crippen LogP contribution in [0.25, 0.3) is 0 Å². The van der Waals surface area contributed by atoms with Gasteiger partial charge in [0.2, 0.25) is 0 Å². The minimum absolute atomic E-state index is 0.300. The van der Waals surface area contributed by atoms with Crippen molar-refractivity contribution in [2.75, 3.05) is 20.0 Å². The highest BCUT2D eigenvalue weighted by Crippen LogP contribution is 2.17. The quantitative estimate of drug-likeness (QED) is 0.427. The van der Waals surface area contributed by atoms with E-state index in [0.717, 1.165) is 17.9 Å². The van der Waals surface area contributed by atoms with Gasteiger partial charge in [-0.25, -0.2) is 0 Å². The number of benzene rings is 2. The first-order valence-electron chi connectivity index (χ1n) is 9.33. The van der Waals surface area contributed by atoms with Gasteiger partial charge in [0.25, 0.3) is 0 Å². The molecule has 0 unspecified atom stereocenters. The summed E-state index contributed by atoms with van der Waals surface area (Å²) in [5.74, 6) is 1.75. The second kappa shape index (κ2) is 15.5. The molecule has 3 heteroatoms. The van der Waals surface area contributed by atoms with E-state index in [1.165, 1.54) is 11.1 Å². The number of hydrogen-bond donors (Lipinski definition) is 0. The van der Waals surface area contributed by atoms with Crippen LogP contribution in [-0.4, -0.2) is 20.0 Å². The average molecular weight is 347 g/mol. The van der Waals surface area contributed by atoms with Gasteiger partial charge in [0, 0.05) is 6.61 Å². The molecule has 0 bridgehead atoms. The minimum Gasteiger partial charge on any atom is -0.494 e. The molecule has 0 saturated carbocycles. The fourth-order valence-electron chi connectivity index (χ4n) is 2.00. The molecule has 0 amide bonds. The van der Waals surface area contributed by atoms with Crippen molar-refractivity contribution in [1.82, 2.24) is 0 Å². The summed E-state index contributed by atoms with van der Waals surface area (Å²) in [5.41, 5.74) is 2.52. The molecule has 0 aliphatic carbocycles. The second-order valence-corrected chi connectivity index (χ2v) is 4.65. The van der Waals surface area contributed by atoms with E-state index in [1.54, 1.807) is 0 Å². The van der Waals surface area contributed by atoms with Crippen molar-refractivity contribution in [1.29, 1.82) is 0 Å². The van der Waals surface area contributed by atoms with Crippen molar-refractivity contribution in [3.8, 4) is 11.5 Å². The van der Waals surface area contributed by atoms with Crippen LogP contribution in [0.4, 0.5) is 0 Å². The van der Waals surface area contributed by atoms with Gasteiger partial charge >= 0.3 is 0 Å². The van der Waals surface area contributed by atoms with E-state index in [4.69, 9.17) is 14.2 Å². The van der Waals surface area contributed by atoms with Gasteiger partial charge < -0.3 is 14.2 Å². The van der Waals surface area contributed by atoms with E-state index in [-0.39, 0.29) is 0 Å². The van der Waals surface area contributed by atoms with Gasteiger partial charge in [0.1, 0.15) is 11.5 Å². The van der Waals surface area contributed by atoms with E-state index in [0.29, 0.717) is 20.0 Å². The Balaban J connectivity index is 0.00000134. The number of hydrogen-bond acceptors (Lipinski definition) is 3. The zero-order chi connectivity index (χ0) is 18.9. The lowest BCUT2D eigenvalue weighted by Crippen LogP contribution is -2.01. The highest BCUT2D eigenvalue weighted by molar-refractivity contribution is 5.34. The van der Waals surface area contributed by atoms with Crippen molar-refractivity contribution in [2.24, 2.45) is 0 Å². The summed E-state index contributed by atoms with van der Waals surface area (Å²) < 4.78 is 16.1. The molecule has 3 nitrogen and oxygen atoms in total. The van der Waals surface area contributed by atoms with Gasteiger partial charge in [-0.05, 0) is 55.7 Å². The van der Waals surface area contributed by atoms with Crippen molar-refractivity contribution in [3.63, 3.8) is 0 Å². The molecular formula is C22H34O3. The monoisotopic (exact) mass is 346 g/mol. The Morgan fingerprint density at radius 2 is 1.04 bits per heavy atom. The molecule has 2 aromatic rings. The van der Waals surface area contributed by atoms with Crippen molar-refractivity contribution in [3.05, 3.63) is 59.7 Å². The van der Waals surface area contributed by atoms with Crippen LogP contribution < -0.4 is 9.47 Å². The second-order valence-electron chi connectivity index (χ2n) is 4.65. The SMILES string of the molecule is CC.CC.CCOCOc1ccc(Cc2ccc(OCC)cc2)cc1. The Labute approximate surface area is 153 Å². The summed E-state index contributed by atoms with van der Waals surface area (Å²) in [6, 6.07) is 16.3. The molecule has 140 valence electrons. The van der Waals surface area contributed by atoms with Crippen LogP contribution in [0.1, 0.15) is 52.7 Å². The normalized spacial score (nSPS) is 9.20. The molecule has 0 saturated heterocycles. The van der Waals surface area contributed by atoms with E-state index >= 15 is 0 Å². The molecule has 0 N–H and O–H groups in total. The summed E-state index contributed by atoms with van der Waals surface area (Å²) in [7, 11) is 0. The summed E-state index contributed by atoms with van der Waals surface area (Å²) in [5, 5.41) is 0. The molecule has 0 fully saturated rings. The average Bonchev–Trinajstić information content (AvgIpc) is 2.68. The van der Waals surface area contributed by atoms with Crippen molar-refractivity contribution in [2.45, 2.75) is 48.0 Å². The Hall–Kier alpha value is -2.00. The maximum absolute atomic E-state index is 5.46. The van der Waals surface area contributed by atoms with Gasteiger partial charge in [-0.3, -0.25) is 0 Å². The van der Waals surface area contributed by atoms with Crippen molar-refractivity contribution >= 4 is 0 Å². The van der Waals surface area contributed by atoms with Crippen LogP contribution in [0, 0.1) is 0 Å². The molecule has 25 heavy (non-hydrogen) atoms. The standard InChI is InChI=1S/C18H22O3.2C2H6/c1-3-19-14-21-18-11-7-16(8-12-18)13-15-5-9-17(10-6-15)20-4-2;2*1-2/h5-12H,3-4,13-14H2,1-2H3;2*1-2H3. The summed E-state index contributed by atoms with van der Waals surface area (Å²) in [6.45, 7) is 13.6. The molecule has 0 aliphatic rings. The fourth-order valence-corrected chi connectivity index (χ4v) is 2.00. The van der Waals surface area contributed by atoms with Crippen LogP contribution in [0.3, 0.4) is 0 Å². The first kappa shape index (κ1) is 23.0. The third-order valence-corrected chi connectivity index (χ3v) is 3.08. The highest BCUT2D eigenvalue weighted by Gasteiger charge is 1.99. The number of ether oxygens (including phenoxy) is 3. The lowest BCUT2D eigenvalue weighted by molar-refractivity contribution is 0.0224. The maximum atomic E-state index is 5.46. The fraction of sp³-hybridized carbons (Fsp3) is 0.455. The van der Waals surface area contributed by atoms with Gasteiger partial charge in [-0.1, -0.05) is 52.0 Å². The third-order valence-electron chi connectivity index (χ3n) is 3.08. The summed E-state index contributed by atoms with van der Waals surface area (Å²) in [6.07, 6.45) is 0.901. The van der Waals surface area contributed by atoms with E-state index in [9.17, 15) is 0 Å². The van der Waals surface area contributed by atoms with Gasteiger partial charge in [-0.15, -0.1) is 0 Å². The molecule has 2 aromatic carbocycles. The first-order chi connectivity index (χ1) is 12.3. The lowest BCUT2D eigenvalue weighted by Gasteiger charge is -2.08. The molecule has 0 spiro atoms. The zero-order valence-electron chi connectivity index (χ0n) is 16.7. The molecule has 2 rings (SSSR count). The molecule has 0 atom stereocenters. The highest BCUT2D eigenvalue weighted by atomic mass is 16.7. The Kier molecular flexibility index (Phi) is 14.3. The van der Waals surface area contributed by atoms with Gasteiger partial charge in [0.15, 0.2) is 6.79 Å². The van der Waals surface area contributed by atoms with Gasteiger partial charge in [0.05, 0.1) is 6.61 Å². The predicted octanol–water partition coefficient (Wildman–Crippen LogP) is 6.10. The first-order valence-corrected chi connectivity index (χ1v) is 9.33. The number of rotatable bonds is 8. The lowest BCUT2D eigenvalue weighted by atomic mass is 10.0. The molecule has 0 radical (unpaired) electrons. The van der Waals surface area contributed by atoms with Crippen LogP contribution in [0.5, 0.6) is 11.5 Å². The van der Waals surface area contributed by atoms with Crippen LogP contribution >= 0.6 is 0 Å². The predicted molar refractivity (Wildman–Crippen MR) is 107 cm³/mol. The van der Waals surface area contributed by atoms with Crippen LogP contribution in [0.2, 0.25) is 0 Å². The van der Waals surface area contributed by atoms with E-state index < -0.39 is 0 Å². The summed E-state index contributed by atoms with van der Waals surface area (Å²) in [4.78, 5) is 0. The third kappa shape index (κ3) is 9.78. The maximum Gasteiger partial charge on any atom is 0.189 e. The summed E-state index contributed by atoms with van der Waals surface area (Å²) >= 11 is 0. The Morgan fingerprint density at radius 1 is 0.600 bits per heavy atom. The molecule has 0 aromatic heterocycles. The van der Waals surface area contributed by atoms with Crippen LogP contribution in [-0.2, 0) is 11.2 Å². The van der Waals surface area contributed by atoms with Gasteiger partial charge in [-0.2, -0.15) is 0 Å². The zero-order valence-corrected chi connectivity index (χ0v) is 16.7. The molecule has 0 aliphatic heterocycles. The largest absolute Gasteiger partial charge is 0.494 e.